The van der Waals surface area contributed by atoms with E-state index >= 15 is 0 Å². The lowest BCUT2D eigenvalue weighted by atomic mass is 9.86. The predicted octanol–water partition coefficient (Wildman–Crippen LogP) is 3.29. The third-order valence-electron chi connectivity index (χ3n) is 3.64. The molecular weight excluding hydrogens is 266 g/mol. The van der Waals surface area contributed by atoms with Gasteiger partial charge in [-0.15, -0.1) is 0 Å². The minimum atomic E-state index is -0.535. The van der Waals surface area contributed by atoms with Gasteiger partial charge in [-0.3, -0.25) is 4.79 Å². The molecule has 0 N–H and O–H groups in total. The fraction of sp³-hybridized carbons (Fsp3) is 0.529. The van der Waals surface area contributed by atoms with Crippen LogP contribution in [0.15, 0.2) is 24.3 Å². The van der Waals surface area contributed by atoms with E-state index in [1.807, 2.05) is 52.0 Å². The molecule has 1 aliphatic rings. The van der Waals surface area contributed by atoms with Crippen LogP contribution in [0.5, 0.6) is 0 Å². The number of likely N-dealkylation sites (tertiary alicyclic amines) is 1. The minimum absolute atomic E-state index is 0.0846. The van der Waals surface area contributed by atoms with Crippen LogP contribution in [0.4, 0.5) is 4.79 Å². The summed E-state index contributed by atoms with van der Waals surface area (Å²) < 4.78 is 5.32. The molecule has 1 fully saturated rings. The van der Waals surface area contributed by atoms with E-state index in [0.29, 0.717) is 13.0 Å². The number of aryl methyl sites for hydroxylation is 1. The summed E-state index contributed by atoms with van der Waals surface area (Å²) in [5.74, 6) is -0.0219. The van der Waals surface area contributed by atoms with Gasteiger partial charge in [-0.2, -0.15) is 0 Å². The molecule has 1 saturated heterocycles. The largest absolute Gasteiger partial charge is 0.444 e. The molecule has 0 spiro atoms. The molecule has 1 heterocycles. The molecule has 1 aromatic carbocycles. The number of rotatable bonds is 1. The summed E-state index contributed by atoms with van der Waals surface area (Å²) in [6.07, 6.45) is 0.252. The van der Waals surface area contributed by atoms with Gasteiger partial charge in [0.05, 0.1) is 6.54 Å². The van der Waals surface area contributed by atoms with Gasteiger partial charge < -0.3 is 9.64 Å². The van der Waals surface area contributed by atoms with Gasteiger partial charge in [0, 0.05) is 12.5 Å². The molecule has 1 unspecified atom stereocenters. The maximum absolute atomic E-state index is 12.4. The molecule has 0 radical (unpaired) electrons. The molecule has 1 amide bonds. The van der Waals surface area contributed by atoms with Crippen molar-refractivity contribution in [1.82, 2.24) is 4.90 Å². The Bertz CT molecular complexity index is 545. The van der Waals surface area contributed by atoms with E-state index in [0.717, 1.165) is 11.1 Å². The molecule has 0 aliphatic carbocycles. The lowest BCUT2D eigenvalue weighted by Gasteiger charge is -2.33. The zero-order valence-corrected chi connectivity index (χ0v) is 13.2. The van der Waals surface area contributed by atoms with Crippen LogP contribution in [0.25, 0.3) is 0 Å². The number of amides is 1. The molecule has 114 valence electrons. The van der Waals surface area contributed by atoms with E-state index in [9.17, 15) is 9.59 Å². The number of ketones is 1. The third kappa shape index (κ3) is 3.84. The summed E-state index contributed by atoms with van der Waals surface area (Å²) in [6.45, 7) is 8.18. The smallest absolute Gasteiger partial charge is 0.410 e. The highest BCUT2D eigenvalue weighted by molar-refractivity contribution is 5.91. The highest BCUT2D eigenvalue weighted by Crippen LogP contribution is 2.28. The summed E-state index contributed by atoms with van der Waals surface area (Å²) in [4.78, 5) is 25.9. The SMILES string of the molecule is Cc1ccccc1C1CCN(C(=O)OC(C)(C)C)CC1=O. The normalized spacial score (nSPS) is 19.5. The van der Waals surface area contributed by atoms with Crippen molar-refractivity contribution in [1.29, 1.82) is 0 Å². The molecule has 1 aliphatic heterocycles. The lowest BCUT2D eigenvalue weighted by Crippen LogP contribution is -2.45. The highest BCUT2D eigenvalue weighted by atomic mass is 16.6. The first kappa shape index (κ1) is 15.5. The average Bonchev–Trinajstić information content (AvgIpc) is 2.38. The summed E-state index contributed by atoms with van der Waals surface area (Å²) in [7, 11) is 0. The van der Waals surface area contributed by atoms with Crippen LogP contribution in [0.2, 0.25) is 0 Å². The van der Waals surface area contributed by atoms with Crippen molar-refractivity contribution in [2.24, 2.45) is 0 Å². The third-order valence-corrected chi connectivity index (χ3v) is 3.64. The minimum Gasteiger partial charge on any atom is -0.444 e. The Kier molecular flexibility index (Phi) is 4.35. The predicted molar refractivity (Wildman–Crippen MR) is 81.4 cm³/mol. The van der Waals surface area contributed by atoms with E-state index in [2.05, 4.69) is 0 Å². The van der Waals surface area contributed by atoms with Crippen molar-refractivity contribution < 1.29 is 14.3 Å². The van der Waals surface area contributed by atoms with Gasteiger partial charge >= 0.3 is 6.09 Å². The number of nitrogens with zero attached hydrogens (tertiary/aromatic N) is 1. The number of piperidine rings is 1. The molecule has 0 bridgehead atoms. The molecule has 21 heavy (non-hydrogen) atoms. The van der Waals surface area contributed by atoms with Crippen LogP contribution in [0.3, 0.4) is 0 Å². The van der Waals surface area contributed by atoms with Gasteiger partial charge in [-0.05, 0) is 45.2 Å². The second kappa shape index (κ2) is 5.88. The van der Waals surface area contributed by atoms with Gasteiger partial charge in [0.25, 0.3) is 0 Å². The van der Waals surface area contributed by atoms with Crippen LogP contribution in [0, 0.1) is 6.92 Å². The molecule has 4 heteroatoms. The Hall–Kier alpha value is -1.84. The van der Waals surface area contributed by atoms with Gasteiger partial charge in [0.2, 0.25) is 0 Å². The lowest BCUT2D eigenvalue weighted by molar-refractivity contribution is -0.123. The fourth-order valence-electron chi connectivity index (χ4n) is 2.61. The second-order valence-corrected chi connectivity index (χ2v) is 6.57. The maximum Gasteiger partial charge on any atom is 0.410 e. The first-order chi connectivity index (χ1) is 9.78. The van der Waals surface area contributed by atoms with Gasteiger partial charge in [0.15, 0.2) is 5.78 Å². The number of carbonyl (C=O) groups excluding carboxylic acids is 2. The van der Waals surface area contributed by atoms with Crippen LogP contribution in [-0.4, -0.2) is 35.5 Å². The highest BCUT2D eigenvalue weighted by Gasteiger charge is 2.33. The van der Waals surface area contributed by atoms with Gasteiger partial charge in [-0.1, -0.05) is 24.3 Å². The summed E-state index contributed by atoms with van der Waals surface area (Å²) >= 11 is 0. The Morgan fingerprint density at radius 2 is 1.95 bits per heavy atom. The first-order valence-corrected chi connectivity index (χ1v) is 7.34. The second-order valence-electron chi connectivity index (χ2n) is 6.57. The summed E-state index contributed by atoms with van der Waals surface area (Å²) in [6, 6.07) is 7.94. The molecular formula is C17H23NO3. The summed E-state index contributed by atoms with van der Waals surface area (Å²) in [5.41, 5.74) is 1.67. The Morgan fingerprint density at radius 1 is 1.29 bits per heavy atom. The molecule has 1 aromatic rings. The monoisotopic (exact) mass is 289 g/mol. The van der Waals surface area contributed by atoms with Gasteiger partial charge in [-0.25, -0.2) is 4.79 Å². The maximum atomic E-state index is 12.4. The number of ether oxygens (including phenoxy) is 1. The molecule has 1 atom stereocenters. The Balaban J connectivity index is 2.05. The van der Waals surface area contributed by atoms with Gasteiger partial charge in [0.1, 0.15) is 5.60 Å². The standard InChI is InChI=1S/C17H23NO3/c1-12-7-5-6-8-13(12)14-9-10-18(11-15(14)19)16(20)21-17(2,3)4/h5-8,14H,9-11H2,1-4H3. The van der Waals surface area contributed by atoms with E-state index < -0.39 is 11.7 Å². The van der Waals surface area contributed by atoms with Crippen molar-refractivity contribution in [3.05, 3.63) is 35.4 Å². The molecule has 2 rings (SSSR count). The van der Waals surface area contributed by atoms with Crippen LogP contribution >= 0.6 is 0 Å². The number of carbonyl (C=O) groups is 2. The van der Waals surface area contributed by atoms with Crippen molar-refractivity contribution in [2.45, 2.75) is 45.6 Å². The Morgan fingerprint density at radius 3 is 2.52 bits per heavy atom. The average molecular weight is 289 g/mol. The first-order valence-electron chi connectivity index (χ1n) is 7.34. The van der Waals surface area contributed by atoms with Crippen LogP contribution < -0.4 is 0 Å². The number of hydrogen-bond acceptors (Lipinski definition) is 3. The number of hydrogen-bond donors (Lipinski definition) is 0. The zero-order valence-electron chi connectivity index (χ0n) is 13.2. The van der Waals surface area contributed by atoms with Crippen LogP contribution in [-0.2, 0) is 9.53 Å². The molecule has 0 saturated carbocycles. The van der Waals surface area contributed by atoms with E-state index in [1.54, 1.807) is 0 Å². The van der Waals surface area contributed by atoms with Crippen molar-refractivity contribution >= 4 is 11.9 Å². The van der Waals surface area contributed by atoms with Crippen molar-refractivity contribution in [2.75, 3.05) is 13.1 Å². The Labute approximate surface area is 126 Å². The van der Waals surface area contributed by atoms with E-state index in [-0.39, 0.29) is 18.2 Å². The number of benzene rings is 1. The molecule has 0 aromatic heterocycles. The topological polar surface area (TPSA) is 46.6 Å². The van der Waals surface area contributed by atoms with Crippen LogP contribution in [0.1, 0.15) is 44.2 Å². The molecule has 4 nitrogen and oxygen atoms in total. The number of Topliss-reactive ketones (excluding diaryl/α,β-unsaturated/α-hetero) is 1. The fourth-order valence-corrected chi connectivity index (χ4v) is 2.61. The van der Waals surface area contributed by atoms with Crippen molar-refractivity contribution in [3.63, 3.8) is 0 Å². The zero-order chi connectivity index (χ0) is 15.6. The quantitative estimate of drug-likeness (QED) is 0.797. The van der Waals surface area contributed by atoms with Crippen molar-refractivity contribution in [3.8, 4) is 0 Å². The van der Waals surface area contributed by atoms with E-state index in [4.69, 9.17) is 4.74 Å². The summed E-state index contributed by atoms with van der Waals surface area (Å²) in [5, 5.41) is 0. The van der Waals surface area contributed by atoms with E-state index in [1.165, 1.54) is 4.90 Å².